The molecule has 0 saturated carbocycles. The van der Waals surface area contributed by atoms with E-state index in [2.05, 4.69) is 0 Å². The lowest BCUT2D eigenvalue weighted by Crippen LogP contribution is -2.52. The molecule has 10 heteroatoms. The predicted molar refractivity (Wildman–Crippen MR) is 111 cm³/mol. The molecule has 0 spiro atoms. The smallest absolute Gasteiger partial charge is 0.221 e. The van der Waals surface area contributed by atoms with E-state index in [-0.39, 0.29) is 30.5 Å². The van der Waals surface area contributed by atoms with Gasteiger partial charge in [0, 0.05) is 33.2 Å². The SMILES string of the molecule is CN1OC[C@H](S(=O)(=O)N2CCN(c3ccccc3F)CC2)[C@H]1c1ccc(F)c(Cl)c1. The predicted octanol–water partition coefficient (Wildman–Crippen LogP) is 3.06. The molecule has 0 unspecified atom stereocenters. The molecule has 0 aliphatic carbocycles. The van der Waals surface area contributed by atoms with Crippen molar-refractivity contribution in [3.05, 3.63) is 64.7 Å². The lowest BCUT2D eigenvalue weighted by atomic mass is 10.0. The van der Waals surface area contributed by atoms with Crippen molar-refractivity contribution in [1.82, 2.24) is 9.37 Å². The van der Waals surface area contributed by atoms with Gasteiger partial charge in [-0.3, -0.25) is 4.84 Å². The van der Waals surface area contributed by atoms with Crippen LogP contribution in [0.4, 0.5) is 14.5 Å². The molecule has 0 aromatic heterocycles. The van der Waals surface area contributed by atoms with Crippen LogP contribution in [0.2, 0.25) is 5.02 Å². The summed E-state index contributed by atoms with van der Waals surface area (Å²) in [6.45, 7) is 1.25. The first-order chi connectivity index (χ1) is 14.3. The van der Waals surface area contributed by atoms with Gasteiger partial charge in [0.2, 0.25) is 10.0 Å². The second-order valence-electron chi connectivity index (χ2n) is 7.38. The molecule has 0 bridgehead atoms. The maximum Gasteiger partial charge on any atom is 0.221 e. The van der Waals surface area contributed by atoms with E-state index in [9.17, 15) is 17.2 Å². The number of anilines is 1. The Balaban J connectivity index is 1.53. The number of nitrogens with zero attached hydrogens (tertiary/aromatic N) is 3. The molecule has 2 aliphatic rings. The third-order valence-corrected chi connectivity index (χ3v) is 8.18. The minimum absolute atomic E-state index is 0.00791. The minimum Gasteiger partial charge on any atom is -0.367 e. The maximum absolute atomic E-state index is 14.1. The third kappa shape index (κ3) is 3.92. The number of piperazine rings is 1. The quantitative estimate of drug-likeness (QED) is 0.706. The average Bonchev–Trinajstić information content (AvgIpc) is 3.13. The van der Waals surface area contributed by atoms with Gasteiger partial charge in [-0.2, -0.15) is 9.37 Å². The van der Waals surface area contributed by atoms with Crippen molar-refractivity contribution in [2.45, 2.75) is 11.3 Å². The molecule has 2 aliphatic heterocycles. The second-order valence-corrected chi connectivity index (χ2v) is 9.94. The van der Waals surface area contributed by atoms with Crippen LogP contribution in [-0.4, -0.2) is 62.9 Å². The molecule has 2 fully saturated rings. The first kappa shape index (κ1) is 21.5. The number of hydrogen-bond donors (Lipinski definition) is 0. The van der Waals surface area contributed by atoms with Crippen LogP contribution < -0.4 is 4.90 Å². The summed E-state index contributed by atoms with van der Waals surface area (Å²) < 4.78 is 55.9. The molecule has 0 N–H and O–H groups in total. The van der Waals surface area contributed by atoms with Crippen LogP contribution >= 0.6 is 11.6 Å². The molecule has 4 rings (SSSR count). The van der Waals surface area contributed by atoms with Gasteiger partial charge in [-0.25, -0.2) is 17.2 Å². The van der Waals surface area contributed by atoms with Crippen molar-refractivity contribution in [3.63, 3.8) is 0 Å². The largest absolute Gasteiger partial charge is 0.367 e. The van der Waals surface area contributed by atoms with Crippen LogP contribution in [0.1, 0.15) is 11.6 Å². The molecule has 2 atom stereocenters. The molecule has 2 saturated heterocycles. The Kier molecular flexibility index (Phi) is 6.00. The fraction of sp³-hybridized carbons (Fsp3) is 0.400. The standard InChI is InChI=1S/C20H22ClF2N3O3S/c1-24-20(14-6-7-16(22)15(21)12-14)19(13-29-24)30(27,28)26-10-8-25(9-11-26)18-5-3-2-4-17(18)23/h2-7,12,19-20H,8-11,13H2,1H3/t19-,20+/m0/s1. The number of rotatable bonds is 4. The van der Waals surface area contributed by atoms with E-state index in [4.69, 9.17) is 16.4 Å². The Labute approximate surface area is 179 Å². The van der Waals surface area contributed by atoms with Gasteiger partial charge in [-0.05, 0) is 29.8 Å². The molecule has 2 aromatic rings. The molecular weight excluding hydrogens is 436 g/mol. The normalized spacial score (nSPS) is 23.8. The van der Waals surface area contributed by atoms with E-state index in [1.807, 2.05) is 4.90 Å². The van der Waals surface area contributed by atoms with Crippen LogP contribution in [0.3, 0.4) is 0 Å². The Bertz CT molecular complexity index is 1030. The van der Waals surface area contributed by atoms with Crippen molar-refractivity contribution in [1.29, 1.82) is 0 Å². The lowest BCUT2D eigenvalue weighted by Gasteiger charge is -2.37. The summed E-state index contributed by atoms with van der Waals surface area (Å²) in [7, 11) is -2.07. The fourth-order valence-corrected chi connectivity index (χ4v) is 6.18. The van der Waals surface area contributed by atoms with Crippen molar-refractivity contribution >= 4 is 27.3 Å². The Hall–Kier alpha value is -1.78. The van der Waals surface area contributed by atoms with E-state index in [0.717, 1.165) is 0 Å². The Morgan fingerprint density at radius 3 is 2.40 bits per heavy atom. The zero-order valence-corrected chi connectivity index (χ0v) is 17.9. The van der Waals surface area contributed by atoms with Gasteiger partial charge in [0.15, 0.2) is 0 Å². The molecule has 0 radical (unpaired) electrons. The number of hydrogen-bond acceptors (Lipinski definition) is 5. The topological polar surface area (TPSA) is 53.1 Å². The molecule has 30 heavy (non-hydrogen) atoms. The molecule has 162 valence electrons. The fourth-order valence-electron chi connectivity index (χ4n) is 4.05. The van der Waals surface area contributed by atoms with Crippen molar-refractivity contribution in [3.8, 4) is 0 Å². The number of hydroxylamine groups is 2. The molecule has 0 amide bonds. The van der Waals surface area contributed by atoms with Crippen LogP contribution in [0.25, 0.3) is 0 Å². The molecular formula is C20H22ClF2N3O3S. The summed E-state index contributed by atoms with van der Waals surface area (Å²) in [6.07, 6.45) is 0. The van der Waals surface area contributed by atoms with E-state index < -0.39 is 27.1 Å². The lowest BCUT2D eigenvalue weighted by molar-refractivity contribution is -0.110. The number of benzene rings is 2. The van der Waals surface area contributed by atoms with Gasteiger partial charge >= 0.3 is 0 Å². The Morgan fingerprint density at radius 2 is 1.73 bits per heavy atom. The van der Waals surface area contributed by atoms with Crippen molar-refractivity contribution < 1.29 is 22.0 Å². The summed E-state index contributed by atoms with van der Waals surface area (Å²) in [5.74, 6) is -0.890. The summed E-state index contributed by atoms with van der Waals surface area (Å²) in [5, 5.41) is 0.549. The summed E-state index contributed by atoms with van der Waals surface area (Å²) in [6, 6.07) is 10.0. The van der Waals surface area contributed by atoms with Gasteiger partial charge < -0.3 is 4.90 Å². The summed E-state index contributed by atoms with van der Waals surface area (Å²) in [4.78, 5) is 7.36. The van der Waals surface area contributed by atoms with E-state index >= 15 is 0 Å². The van der Waals surface area contributed by atoms with Crippen LogP contribution in [0.5, 0.6) is 0 Å². The maximum atomic E-state index is 14.1. The van der Waals surface area contributed by atoms with Gasteiger partial charge in [-0.15, -0.1) is 0 Å². The molecule has 2 heterocycles. The van der Waals surface area contributed by atoms with Gasteiger partial charge in [0.25, 0.3) is 0 Å². The van der Waals surface area contributed by atoms with Crippen LogP contribution in [0.15, 0.2) is 42.5 Å². The number of para-hydroxylation sites is 1. The third-order valence-electron chi connectivity index (χ3n) is 5.65. The van der Waals surface area contributed by atoms with E-state index in [0.29, 0.717) is 24.3 Å². The van der Waals surface area contributed by atoms with E-state index in [1.165, 1.54) is 33.6 Å². The Morgan fingerprint density at radius 1 is 1.03 bits per heavy atom. The molecule has 6 nitrogen and oxygen atoms in total. The number of halogens is 3. The van der Waals surface area contributed by atoms with Gasteiger partial charge in [0.1, 0.15) is 16.9 Å². The highest BCUT2D eigenvalue weighted by Gasteiger charge is 2.46. The van der Waals surface area contributed by atoms with Crippen molar-refractivity contribution in [2.24, 2.45) is 0 Å². The average molecular weight is 458 g/mol. The first-order valence-electron chi connectivity index (χ1n) is 9.58. The zero-order valence-electron chi connectivity index (χ0n) is 16.3. The summed E-state index contributed by atoms with van der Waals surface area (Å²) >= 11 is 5.91. The number of sulfonamides is 1. The van der Waals surface area contributed by atoms with E-state index in [1.54, 1.807) is 25.2 Å². The monoisotopic (exact) mass is 457 g/mol. The highest BCUT2D eigenvalue weighted by Crippen LogP contribution is 2.36. The van der Waals surface area contributed by atoms with Crippen molar-refractivity contribution in [2.75, 3.05) is 44.7 Å². The second kappa shape index (κ2) is 8.39. The first-order valence-corrected chi connectivity index (χ1v) is 11.5. The highest BCUT2D eigenvalue weighted by molar-refractivity contribution is 7.89. The molecule has 2 aromatic carbocycles. The van der Waals surface area contributed by atoms with Crippen LogP contribution in [-0.2, 0) is 14.9 Å². The summed E-state index contributed by atoms with van der Waals surface area (Å²) in [5.41, 5.74) is 1.04. The zero-order chi connectivity index (χ0) is 21.5. The minimum atomic E-state index is -3.72. The van der Waals surface area contributed by atoms with Gasteiger partial charge in [-0.1, -0.05) is 29.8 Å². The van der Waals surface area contributed by atoms with Crippen LogP contribution in [0, 0.1) is 11.6 Å². The highest BCUT2D eigenvalue weighted by atomic mass is 35.5. The van der Waals surface area contributed by atoms with Gasteiger partial charge in [0.05, 0.1) is 23.4 Å².